The molecule has 0 saturated carbocycles. The molecule has 4 heteroatoms. The van der Waals surface area contributed by atoms with Gasteiger partial charge in [0, 0.05) is 12.7 Å². The molecule has 0 aliphatic carbocycles. The zero-order valence-corrected chi connectivity index (χ0v) is 5.06. The lowest BCUT2D eigenvalue weighted by Crippen LogP contribution is -2.34. The van der Waals surface area contributed by atoms with Crippen LogP contribution in [0.25, 0.3) is 0 Å². The summed E-state index contributed by atoms with van der Waals surface area (Å²) in [5, 5.41) is 2.56. The van der Waals surface area contributed by atoms with Crippen LogP contribution in [-0.4, -0.2) is 16.9 Å². The van der Waals surface area contributed by atoms with Gasteiger partial charge in [-0.15, -0.1) is 0 Å². The second kappa shape index (κ2) is 2.09. The maximum absolute atomic E-state index is 10.5. The Morgan fingerprint density at radius 3 is 3.00 bits per heavy atom. The third kappa shape index (κ3) is 0.949. The first-order valence-electron chi connectivity index (χ1n) is 2.23. The third-order valence-corrected chi connectivity index (χ3v) is 1.14. The van der Waals surface area contributed by atoms with E-state index >= 15 is 0 Å². The van der Waals surface area contributed by atoms with Crippen molar-refractivity contribution in [2.45, 2.75) is 0 Å². The molecule has 0 saturated heterocycles. The van der Waals surface area contributed by atoms with Crippen LogP contribution in [0.15, 0.2) is 12.3 Å². The van der Waals surface area contributed by atoms with E-state index in [4.69, 9.17) is 0 Å². The van der Waals surface area contributed by atoms with Gasteiger partial charge in [0.15, 0.2) is 0 Å². The Labute approximate surface area is 52.9 Å². The molecular formula is C4H6N2OS. The summed E-state index contributed by atoms with van der Waals surface area (Å²) in [4.78, 5) is 10.5. The predicted octanol–water partition coefficient (Wildman–Crippen LogP) is 0.370. The second-order valence-corrected chi connectivity index (χ2v) is 1.85. The zero-order valence-electron chi connectivity index (χ0n) is 4.16. The SMILES string of the molecule is O=C1NCC=CN1S. The minimum atomic E-state index is -0.171. The lowest BCUT2D eigenvalue weighted by molar-refractivity contribution is 0.233. The summed E-state index contributed by atoms with van der Waals surface area (Å²) in [7, 11) is 0. The first-order chi connectivity index (χ1) is 3.80. The van der Waals surface area contributed by atoms with Gasteiger partial charge in [-0.05, 0) is 6.08 Å². The molecule has 44 valence electrons. The second-order valence-electron chi connectivity index (χ2n) is 1.42. The van der Waals surface area contributed by atoms with Crippen LogP contribution in [0.3, 0.4) is 0 Å². The number of hydrogen-bond acceptors (Lipinski definition) is 2. The first-order valence-corrected chi connectivity index (χ1v) is 2.63. The minimum Gasteiger partial charge on any atom is -0.333 e. The standard InChI is InChI=1S/C4H6N2OS/c7-4-5-2-1-3-6(4)8/h1,3,8H,2H2,(H,5,7). The Hall–Kier alpha value is -0.640. The van der Waals surface area contributed by atoms with Crippen LogP contribution < -0.4 is 5.32 Å². The number of nitrogens with zero attached hydrogens (tertiary/aromatic N) is 1. The molecule has 0 atom stereocenters. The van der Waals surface area contributed by atoms with Crippen molar-refractivity contribution in [3.05, 3.63) is 12.3 Å². The van der Waals surface area contributed by atoms with Crippen molar-refractivity contribution < 1.29 is 4.79 Å². The summed E-state index contributed by atoms with van der Waals surface area (Å²) in [6, 6.07) is -0.171. The Balaban J connectivity index is 2.60. The number of amides is 2. The van der Waals surface area contributed by atoms with Crippen LogP contribution in [-0.2, 0) is 0 Å². The highest BCUT2D eigenvalue weighted by Gasteiger charge is 2.06. The highest BCUT2D eigenvalue weighted by molar-refractivity contribution is 7.78. The lowest BCUT2D eigenvalue weighted by Gasteiger charge is -2.14. The fourth-order valence-electron chi connectivity index (χ4n) is 0.447. The Kier molecular flexibility index (Phi) is 1.43. The van der Waals surface area contributed by atoms with Gasteiger partial charge in [-0.3, -0.25) is 0 Å². The number of carbonyl (C=O) groups excluding carboxylic acids is 1. The van der Waals surface area contributed by atoms with E-state index in [0.717, 1.165) is 0 Å². The summed E-state index contributed by atoms with van der Waals surface area (Å²) in [6.07, 6.45) is 3.43. The van der Waals surface area contributed by atoms with Crippen molar-refractivity contribution in [1.82, 2.24) is 9.62 Å². The quantitative estimate of drug-likeness (QED) is 0.456. The molecule has 1 aliphatic heterocycles. The minimum absolute atomic E-state index is 0.171. The van der Waals surface area contributed by atoms with E-state index in [9.17, 15) is 4.79 Å². The maximum Gasteiger partial charge on any atom is 0.331 e. The molecule has 0 bridgehead atoms. The molecule has 0 aromatic carbocycles. The van der Waals surface area contributed by atoms with Gasteiger partial charge in [0.25, 0.3) is 0 Å². The van der Waals surface area contributed by atoms with E-state index in [0.29, 0.717) is 6.54 Å². The van der Waals surface area contributed by atoms with Crippen molar-refractivity contribution >= 4 is 18.8 Å². The number of carbonyl (C=O) groups is 1. The Morgan fingerprint density at radius 1 is 1.88 bits per heavy atom. The number of nitrogens with one attached hydrogen (secondary N) is 1. The summed E-state index contributed by atoms with van der Waals surface area (Å²) < 4.78 is 1.20. The van der Waals surface area contributed by atoms with Gasteiger partial charge in [-0.1, -0.05) is 12.8 Å². The Morgan fingerprint density at radius 2 is 2.62 bits per heavy atom. The largest absolute Gasteiger partial charge is 0.333 e. The van der Waals surface area contributed by atoms with E-state index < -0.39 is 0 Å². The molecule has 0 spiro atoms. The van der Waals surface area contributed by atoms with Crippen LogP contribution in [0.4, 0.5) is 4.79 Å². The number of thiol groups is 1. The van der Waals surface area contributed by atoms with Gasteiger partial charge in [0.05, 0.1) is 0 Å². The van der Waals surface area contributed by atoms with E-state index in [-0.39, 0.29) is 6.03 Å². The number of hydrogen-bond donors (Lipinski definition) is 2. The van der Waals surface area contributed by atoms with Crippen LogP contribution in [0.2, 0.25) is 0 Å². The van der Waals surface area contributed by atoms with E-state index in [1.54, 1.807) is 6.20 Å². The molecular weight excluding hydrogens is 124 g/mol. The monoisotopic (exact) mass is 130 g/mol. The smallest absolute Gasteiger partial charge is 0.331 e. The number of rotatable bonds is 0. The van der Waals surface area contributed by atoms with E-state index in [1.807, 2.05) is 6.08 Å². The highest BCUT2D eigenvalue weighted by Crippen LogP contribution is 1.97. The molecule has 0 unspecified atom stereocenters. The highest BCUT2D eigenvalue weighted by atomic mass is 32.1. The molecule has 1 heterocycles. The van der Waals surface area contributed by atoms with Gasteiger partial charge < -0.3 is 5.32 Å². The summed E-state index contributed by atoms with van der Waals surface area (Å²) >= 11 is 3.79. The van der Waals surface area contributed by atoms with Crippen molar-refractivity contribution in [3.63, 3.8) is 0 Å². The van der Waals surface area contributed by atoms with Crippen LogP contribution >= 0.6 is 12.8 Å². The molecule has 0 aromatic rings. The molecule has 0 fully saturated rings. The van der Waals surface area contributed by atoms with E-state index in [2.05, 4.69) is 18.1 Å². The first kappa shape index (κ1) is 5.50. The van der Waals surface area contributed by atoms with Crippen molar-refractivity contribution in [2.75, 3.05) is 6.54 Å². The van der Waals surface area contributed by atoms with E-state index in [1.165, 1.54) is 4.31 Å². The summed E-state index contributed by atoms with van der Waals surface area (Å²) in [6.45, 7) is 0.607. The average molecular weight is 130 g/mol. The van der Waals surface area contributed by atoms with Gasteiger partial charge in [-0.25, -0.2) is 9.10 Å². The summed E-state index contributed by atoms with van der Waals surface area (Å²) in [5.74, 6) is 0. The van der Waals surface area contributed by atoms with Crippen molar-refractivity contribution in [2.24, 2.45) is 0 Å². The lowest BCUT2D eigenvalue weighted by atomic mass is 10.5. The van der Waals surface area contributed by atoms with Gasteiger partial charge >= 0.3 is 6.03 Å². The molecule has 0 aromatic heterocycles. The predicted molar refractivity (Wildman–Crippen MR) is 33.4 cm³/mol. The molecule has 1 N–H and O–H groups in total. The van der Waals surface area contributed by atoms with Crippen molar-refractivity contribution in [3.8, 4) is 0 Å². The zero-order chi connectivity index (χ0) is 5.98. The van der Waals surface area contributed by atoms with Gasteiger partial charge in [-0.2, -0.15) is 0 Å². The molecule has 1 aliphatic rings. The van der Waals surface area contributed by atoms with Crippen LogP contribution in [0, 0.1) is 0 Å². The number of urea groups is 1. The van der Waals surface area contributed by atoms with Gasteiger partial charge in [0.1, 0.15) is 0 Å². The van der Waals surface area contributed by atoms with Crippen molar-refractivity contribution in [1.29, 1.82) is 0 Å². The topological polar surface area (TPSA) is 32.3 Å². The molecule has 3 nitrogen and oxygen atoms in total. The van der Waals surface area contributed by atoms with Crippen LogP contribution in [0.5, 0.6) is 0 Å². The fourth-order valence-corrected chi connectivity index (χ4v) is 0.612. The molecule has 0 radical (unpaired) electrons. The molecule has 8 heavy (non-hydrogen) atoms. The Bertz CT molecular complexity index is 134. The normalized spacial score (nSPS) is 18.6. The van der Waals surface area contributed by atoms with Crippen LogP contribution in [0.1, 0.15) is 0 Å². The molecule has 2 amide bonds. The fraction of sp³-hybridized carbons (Fsp3) is 0.250. The third-order valence-electron chi connectivity index (χ3n) is 0.826. The molecule has 1 rings (SSSR count). The van der Waals surface area contributed by atoms with Gasteiger partial charge in [0.2, 0.25) is 0 Å². The average Bonchev–Trinajstić information content (AvgIpc) is 1.77. The maximum atomic E-state index is 10.5. The summed E-state index contributed by atoms with van der Waals surface area (Å²) in [5.41, 5.74) is 0.